The molecule has 0 N–H and O–H groups in total. The van der Waals surface area contributed by atoms with Gasteiger partial charge in [-0.05, 0) is 59.3 Å². The van der Waals surface area contributed by atoms with Crippen molar-refractivity contribution in [3.8, 4) is 0 Å². The number of rotatable bonds is 16. The number of nitrogens with zero attached hydrogens (tertiary/aromatic N) is 2. The Balaban J connectivity index is 1.58. The molecule has 2 aliphatic rings. The minimum Gasteiger partial charge on any atom is -0.462 e. The number of hydrogen-bond donors (Lipinski definition) is 0. The first kappa shape index (κ1) is 34.0. The normalized spacial score (nSPS) is 25.7. The van der Waals surface area contributed by atoms with Crippen LogP contribution in [-0.2, 0) is 28.7 Å². The molecule has 2 heterocycles. The molecular formula is C31H58N2O6. The van der Waals surface area contributed by atoms with Crippen LogP contribution in [0.2, 0.25) is 0 Å². The molecule has 228 valence electrons. The van der Waals surface area contributed by atoms with Crippen LogP contribution in [-0.4, -0.2) is 71.7 Å². The lowest BCUT2D eigenvalue weighted by Gasteiger charge is -2.52. The number of carbonyl (C=O) groups excluding carboxylic acids is 2. The summed E-state index contributed by atoms with van der Waals surface area (Å²) in [6.45, 7) is 18.1. The van der Waals surface area contributed by atoms with E-state index in [-0.39, 0.29) is 46.2 Å². The van der Waals surface area contributed by atoms with Gasteiger partial charge in [-0.2, -0.15) is 10.1 Å². The molecule has 8 nitrogen and oxygen atoms in total. The average Bonchev–Trinajstić information content (AvgIpc) is 3.42. The topological polar surface area (TPSA) is 77.3 Å². The van der Waals surface area contributed by atoms with E-state index in [0.717, 1.165) is 70.8 Å². The Hall–Kier alpha value is -1.22. The number of hydrogen-bond acceptors (Lipinski definition) is 8. The first-order chi connectivity index (χ1) is 18.0. The van der Waals surface area contributed by atoms with E-state index in [2.05, 4.69) is 55.4 Å². The lowest BCUT2D eigenvalue weighted by atomic mass is 9.80. The Morgan fingerprint density at radius 2 is 1.33 bits per heavy atom. The highest BCUT2D eigenvalue weighted by atomic mass is 16.7. The van der Waals surface area contributed by atoms with Gasteiger partial charge in [0, 0.05) is 49.7 Å². The zero-order valence-corrected chi connectivity index (χ0v) is 26.7. The third kappa shape index (κ3) is 11.3. The Morgan fingerprint density at radius 3 is 1.79 bits per heavy atom. The maximum atomic E-state index is 12.6. The molecule has 3 unspecified atom stereocenters. The fraction of sp³-hybridized carbons (Fsp3) is 0.935. The Morgan fingerprint density at radius 1 is 0.821 bits per heavy atom. The number of unbranched alkanes of at least 4 members (excludes halogenated alkanes) is 5. The van der Waals surface area contributed by atoms with Gasteiger partial charge in [-0.15, -0.1) is 0 Å². The molecule has 2 rings (SSSR count). The minimum absolute atomic E-state index is 0.0355. The molecule has 3 atom stereocenters. The zero-order chi connectivity index (χ0) is 29.5. The van der Waals surface area contributed by atoms with Crippen molar-refractivity contribution in [1.29, 1.82) is 0 Å². The van der Waals surface area contributed by atoms with E-state index < -0.39 is 0 Å². The Kier molecular flexibility index (Phi) is 12.3. The Bertz CT molecular complexity index is 774. The van der Waals surface area contributed by atoms with Crippen molar-refractivity contribution < 1.29 is 28.7 Å². The average molecular weight is 555 g/mol. The molecule has 0 aromatic rings. The van der Waals surface area contributed by atoms with Gasteiger partial charge in [0.15, 0.2) is 0 Å². The van der Waals surface area contributed by atoms with Crippen LogP contribution < -0.4 is 0 Å². The van der Waals surface area contributed by atoms with Gasteiger partial charge in [-0.3, -0.25) is 9.59 Å². The second kappa shape index (κ2) is 14.1. The maximum Gasteiger partial charge on any atom is 0.306 e. The van der Waals surface area contributed by atoms with E-state index in [9.17, 15) is 9.59 Å². The third-order valence-corrected chi connectivity index (χ3v) is 8.06. The summed E-state index contributed by atoms with van der Waals surface area (Å²) in [7, 11) is 3.40. The minimum atomic E-state index is -0.192. The van der Waals surface area contributed by atoms with Crippen molar-refractivity contribution in [2.75, 3.05) is 20.8 Å². The number of esters is 2. The van der Waals surface area contributed by atoms with Crippen LogP contribution in [0.15, 0.2) is 0 Å². The van der Waals surface area contributed by atoms with Crippen LogP contribution in [0.25, 0.3) is 0 Å². The van der Waals surface area contributed by atoms with Crippen molar-refractivity contribution in [3.63, 3.8) is 0 Å². The highest BCUT2D eigenvalue weighted by molar-refractivity contribution is 5.69. The smallest absolute Gasteiger partial charge is 0.306 e. The standard InChI is InChI=1S/C31H58N2O6/c1-28(2,3)19-24(22-31(8)23-32(31)36-9)38-26(34)17-15-13-11-12-14-16-18-27(35)39-25-20-29(4,5)33(37-10)30(6,7)21-25/h24-25H,11-23H2,1-10H3. The van der Waals surface area contributed by atoms with E-state index in [1.54, 1.807) is 14.2 Å². The van der Waals surface area contributed by atoms with Gasteiger partial charge in [0.1, 0.15) is 12.2 Å². The van der Waals surface area contributed by atoms with Crippen LogP contribution in [0, 0.1) is 5.41 Å². The third-order valence-electron chi connectivity index (χ3n) is 8.06. The summed E-state index contributed by atoms with van der Waals surface area (Å²) >= 11 is 0. The van der Waals surface area contributed by atoms with E-state index in [0.29, 0.717) is 12.8 Å². The van der Waals surface area contributed by atoms with Gasteiger partial charge in [0.05, 0.1) is 19.8 Å². The summed E-state index contributed by atoms with van der Waals surface area (Å²) in [4.78, 5) is 36.0. The van der Waals surface area contributed by atoms with Crippen LogP contribution >= 0.6 is 0 Å². The fourth-order valence-corrected chi connectivity index (χ4v) is 6.54. The van der Waals surface area contributed by atoms with E-state index >= 15 is 0 Å². The van der Waals surface area contributed by atoms with Gasteiger partial charge >= 0.3 is 11.9 Å². The largest absolute Gasteiger partial charge is 0.462 e. The molecule has 2 saturated heterocycles. The lowest BCUT2D eigenvalue weighted by Crippen LogP contribution is -2.61. The number of ether oxygens (including phenoxy) is 2. The molecule has 0 aromatic carbocycles. The van der Waals surface area contributed by atoms with Gasteiger partial charge in [-0.1, -0.05) is 46.5 Å². The van der Waals surface area contributed by atoms with Crippen LogP contribution in [0.5, 0.6) is 0 Å². The highest BCUT2D eigenvalue weighted by Gasteiger charge is 2.51. The van der Waals surface area contributed by atoms with Crippen molar-refractivity contribution in [2.45, 2.75) is 161 Å². The van der Waals surface area contributed by atoms with Crippen LogP contribution in [0.1, 0.15) is 132 Å². The van der Waals surface area contributed by atoms with E-state index in [4.69, 9.17) is 19.1 Å². The monoisotopic (exact) mass is 554 g/mol. The van der Waals surface area contributed by atoms with Crippen molar-refractivity contribution in [3.05, 3.63) is 0 Å². The summed E-state index contributed by atoms with van der Waals surface area (Å²) < 4.78 is 11.8. The molecule has 0 bridgehead atoms. The molecule has 8 heteroatoms. The molecule has 0 radical (unpaired) electrons. The second-order valence-electron chi connectivity index (χ2n) is 14.5. The molecule has 39 heavy (non-hydrogen) atoms. The summed E-state index contributed by atoms with van der Waals surface area (Å²) in [6, 6.07) is 0. The molecule has 2 aliphatic heterocycles. The summed E-state index contributed by atoms with van der Waals surface area (Å²) in [6.07, 6.45) is 9.74. The first-order valence-corrected chi connectivity index (χ1v) is 15.1. The molecule has 0 aromatic heterocycles. The zero-order valence-electron chi connectivity index (χ0n) is 26.7. The van der Waals surface area contributed by atoms with Crippen molar-refractivity contribution in [1.82, 2.24) is 10.1 Å². The first-order valence-electron chi connectivity index (χ1n) is 15.1. The molecule has 0 spiro atoms. The predicted molar refractivity (Wildman–Crippen MR) is 154 cm³/mol. The van der Waals surface area contributed by atoms with Gasteiger partial charge in [0.2, 0.25) is 0 Å². The van der Waals surface area contributed by atoms with Crippen LogP contribution in [0.4, 0.5) is 0 Å². The molecule has 0 saturated carbocycles. The molecule has 0 amide bonds. The molecule has 0 aliphatic carbocycles. The quantitative estimate of drug-likeness (QED) is 0.120. The maximum absolute atomic E-state index is 12.6. The van der Waals surface area contributed by atoms with E-state index in [1.165, 1.54) is 0 Å². The van der Waals surface area contributed by atoms with Gasteiger partial charge in [0.25, 0.3) is 0 Å². The molecule has 2 fully saturated rings. The summed E-state index contributed by atoms with van der Waals surface area (Å²) in [5.74, 6) is -0.193. The number of carbonyl (C=O) groups is 2. The van der Waals surface area contributed by atoms with E-state index in [1.807, 2.05) is 10.1 Å². The lowest BCUT2D eigenvalue weighted by molar-refractivity contribution is -0.278. The summed E-state index contributed by atoms with van der Waals surface area (Å²) in [5, 5.41) is 3.97. The predicted octanol–water partition coefficient (Wildman–Crippen LogP) is 6.61. The fourth-order valence-electron chi connectivity index (χ4n) is 6.54. The van der Waals surface area contributed by atoms with Crippen molar-refractivity contribution >= 4 is 11.9 Å². The highest BCUT2D eigenvalue weighted by Crippen LogP contribution is 2.40. The SMILES string of the molecule is CON1C(C)(C)CC(OC(=O)CCCCCCCCC(=O)OC(CC(C)(C)C)CC2(C)CN2OC)CC1(C)C. The summed E-state index contributed by atoms with van der Waals surface area (Å²) in [5.41, 5.74) is -0.328. The van der Waals surface area contributed by atoms with Crippen LogP contribution in [0.3, 0.4) is 0 Å². The Labute approximate surface area is 238 Å². The van der Waals surface area contributed by atoms with Crippen molar-refractivity contribution in [2.24, 2.45) is 5.41 Å². The molecular weight excluding hydrogens is 496 g/mol. The van der Waals surface area contributed by atoms with Gasteiger partial charge < -0.3 is 19.1 Å². The number of hydroxylamine groups is 4. The number of piperidine rings is 1. The van der Waals surface area contributed by atoms with Gasteiger partial charge in [-0.25, -0.2) is 0 Å². The second-order valence-corrected chi connectivity index (χ2v) is 14.5.